The van der Waals surface area contributed by atoms with Gasteiger partial charge in [0.25, 0.3) is 0 Å². The van der Waals surface area contributed by atoms with Crippen molar-refractivity contribution in [3.63, 3.8) is 0 Å². The molecule has 0 amide bonds. The Kier molecular flexibility index (Phi) is 7.14. The highest BCUT2D eigenvalue weighted by atomic mass is 16.5. The monoisotopic (exact) mass is 738 g/mol. The average Bonchev–Trinajstić information content (AvgIpc) is 3.59. The molecule has 2 aliphatic rings. The normalized spacial score (nSPS) is 13.1. The summed E-state index contributed by atoms with van der Waals surface area (Å²) in [5.41, 5.74) is 13.8. The van der Waals surface area contributed by atoms with Gasteiger partial charge in [-0.2, -0.15) is 0 Å². The lowest BCUT2D eigenvalue weighted by atomic mass is 9.65. The van der Waals surface area contributed by atoms with Crippen molar-refractivity contribution in [2.45, 2.75) is 5.41 Å². The number of rotatable bonds is 4. The molecule has 0 radical (unpaired) electrons. The van der Waals surface area contributed by atoms with Crippen LogP contribution in [-0.4, -0.2) is 9.97 Å². The lowest BCUT2D eigenvalue weighted by Gasteiger charge is -2.39. The third-order valence-electron chi connectivity index (χ3n) is 12.2. The summed E-state index contributed by atoms with van der Waals surface area (Å²) in [5.74, 6) is 2.44. The molecule has 10 aromatic rings. The number of aromatic nitrogens is 2. The van der Waals surface area contributed by atoms with Gasteiger partial charge in [0.05, 0.1) is 16.8 Å². The van der Waals surface area contributed by atoms with Gasteiger partial charge in [-0.1, -0.05) is 176 Å². The zero-order valence-corrected chi connectivity index (χ0v) is 31.4. The first-order chi connectivity index (χ1) is 28.7. The van der Waals surface area contributed by atoms with E-state index in [4.69, 9.17) is 14.7 Å². The Morgan fingerprint density at radius 2 is 0.914 bits per heavy atom. The smallest absolute Gasteiger partial charge is 0.160 e. The summed E-state index contributed by atoms with van der Waals surface area (Å²) in [6.45, 7) is 0. The molecule has 2 heterocycles. The second-order valence-corrected chi connectivity index (χ2v) is 15.2. The summed E-state index contributed by atoms with van der Waals surface area (Å²) in [6, 6.07) is 73.7. The minimum Gasteiger partial charge on any atom is -0.457 e. The van der Waals surface area contributed by atoms with Crippen molar-refractivity contribution in [2.24, 2.45) is 0 Å². The van der Waals surface area contributed by atoms with Crippen LogP contribution in [0.15, 0.2) is 206 Å². The van der Waals surface area contributed by atoms with E-state index in [0.29, 0.717) is 5.82 Å². The maximum absolute atomic E-state index is 6.76. The van der Waals surface area contributed by atoms with E-state index >= 15 is 0 Å². The number of nitrogens with zero attached hydrogens (tertiary/aromatic N) is 2. The topological polar surface area (TPSA) is 35.0 Å². The van der Waals surface area contributed by atoms with Gasteiger partial charge in [-0.3, -0.25) is 0 Å². The minimum atomic E-state index is -0.549. The van der Waals surface area contributed by atoms with E-state index in [-0.39, 0.29) is 0 Å². The number of fused-ring (bicyclic) bond motifs is 12. The van der Waals surface area contributed by atoms with Gasteiger partial charge in [-0.15, -0.1) is 0 Å². The molecule has 12 rings (SSSR count). The second-order valence-electron chi connectivity index (χ2n) is 15.2. The Morgan fingerprint density at radius 1 is 0.328 bits per heavy atom. The Hall–Kier alpha value is -7.62. The fourth-order valence-corrected chi connectivity index (χ4v) is 9.60. The van der Waals surface area contributed by atoms with Crippen molar-refractivity contribution < 1.29 is 4.74 Å². The Balaban J connectivity index is 1.06. The molecule has 3 nitrogen and oxygen atoms in total. The van der Waals surface area contributed by atoms with Crippen molar-refractivity contribution in [1.29, 1.82) is 0 Å². The molecule has 0 unspecified atom stereocenters. The summed E-state index contributed by atoms with van der Waals surface area (Å²) < 4.78 is 6.76. The fraction of sp³-hybridized carbons (Fsp3) is 0.0182. The van der Waals surface area contributed by atoms with E-state index in [9.17, 15) is 0 Å². The molecule has 0 fully saturated rings. The van der Waals surface area contributed by atoms with Crippen LogP contribution < -0.4 is 4.74 Å². The number of benzene rings is 9. The van der Waals surface area contributed by atoms with E-state index in [2.05, 4.69) is 188 Å². The molecule has 9 aromatic carbocycles. The first kappa shape index (κ1) is 32.6. The van der Waals surface area contributed by atoms with Crippen LogP contribution in [0.2, 0.25) is 0 Å². The van der Waals surface area contributed by atoms with Crippen LogP contribution in [0.5, 0.6) is 11.5 Å². The molecule has 0 saturated carbocycles. The Labute approximate surface area is 336 Å². The van der Waals surface area contributed by atoms with Crippen LogP contribution >= 0.6 is 0 Å². The summed E-state index contributed by atoms with van der Waals surface area (Å²) in [7, 11) is 0. The Morgan fingerprint density at radius 3 is 1.72 bits per heavy atom. The molecule has 1 spiro atoms. The molecule has 1 aliphatic carbocycles. The van der Waals surface area contributed by atoms with E-state index in [0.717, 1.165) is 61.8 Å². The van der Waals surface area contributed by atoms with E-state index in [1.165, 1.54) is 43.8 Å². The lowest BCUT2D eigenvalue weighted by molar-refractivity contribution is 0.436. The predicted octanol–water partition coefficient (Wildman–Crippen LogP) is 13.9. The molecule has 0 atom stereocenters. The summed E-state index contributed by atoms with van der Waals surface area (Å²) in [5, 5.41) is 4.90. The van der Waals surface area contributed by atoms with Crippen molar-refractivity contribution >= 4 is 21.5 Å². The van der Waals surface area contributed by atoms with Crippen LogP contribution in [0.25, 0.3) is 77.7 Å². The molecule has 3 heteroatoms. The molecule has 0 saturated heterocycles. The third kappa shape index (κ3) is 4.80. The largest absolute Gasteiger partial charge is 0.457 e. The van der Waals surface area contributed by atoms with Crippen molar-refractivity contribution in [3.05, 3.63) is 229 Å². The van der Waals surface area contributed by atoms with E-state index in [1.54, 1.807) is 0 Å². The van der Waals surface area contributed by atoms with Crippen LogP contribution in [0.1, 0.15) is 22.3 Å². The molecule has 1 aromatic heterocycles. The number of hydrogen-bond acceptors (Lipinski definition) is 3. The molecule has 270 valence electrons. The lowest BCUT2D eigenvalue weighted by Crippen LogP contribution is -2.32. The first-order valence-corrected chi connectivity index (χ1v) is 19.8. The van der Waals surface area contributed by atoms with Gasteiger partial charge in [0.1, 0.15) is 11.5 Å². The van der Waals surface area contributed by atoms with Gasteiger partial charge in [-0.25, -0.2) is 9.97 Å². The maximum Gasteiger partial charge on any atom is 0.160 e. The van der Waals surface area contributed by atoms with Crippen molar-refractivity contribution in [1.82, 2.24) is 9.97 Å². The van der Waals surface area contributed by atoms with Gasteiger partial charge in [0, 0.05) is 27.8 Å². The van der Waals surface area contributed by atoms with Gasteiger partial charge in [0.2, 0.25) is 0 Å². The molecule has 0 bridgehead atoms. The van der Waals surface area contributed by atoms with E-state index in [1.807, 2.05) is 18.2 Å². The number of hydrogen-bond donors (Lipinski definition) is 0. The van der Waals surface area contributed by atoms with E-state index < -0.39 is 5.41 Å². The van der Waals surface area contributed by atoms with Gasteiger partial charge < -0.3 is 4.74 Å². The fourth-order valence-electron chi connectivity index (χ4n) is 9.60. The van der Waals surface area contributed by atoms with Gasteiger partial charge in [-0.05, 0) is 85.3 Å². The van der Waals surface area contributed by atoms with Crippen molar-refractivity contribution in [2.75, 3.05) is 0 Å². The Bertz CT molecular complexity index is 3230. The summed E-state index contributed by atoms with van der Waals surface area (Å²) in [6.07, 6.45) is 0. The molecule has 1 aliphatic heterocycles. The predicted molar refractivity (Wildman–Crippen MR) is 236 cm³/mol. The third-order valence-corrected chi connectivity index (χ3v) is 12.2. The summed E-state index contributed by atoms with van der Waals surface area (Å²) in [4.78, 5) is 10.5. The average molecular weight is 739 g/mol. The highest BCUT2D eigenvalue weighted by molar-refractivity contribution is 6.08. The molecular formula is C55H34N2O. The zero-order chi connectivity index (χ0) is 38.2. The summed E-state index contributed by atoms with van der Waals surface area (Å²) >= 11 is 0. The molecular weight excluding hydrogens is 705 g/mol. The van der Waals surface area contributed by atoms with Gasteiger partial charge >= 0.3 is 0 Å². The van der Waals surface area contributed by atoms with Crippen LogP contribution in [0.4, 0.5) is 0 Å². The van der Waals surface area contributed by atoms with Crippen LogP contribution in [0, 0.1) is 0 Å². The van der Waals surface area contributed by atoms with Gasteiger partial charge in [0.15, 0.2) is 5.82 Å². The SMILES string of the molecule is c1ccc(-c2nc(-c3ccc4c(ccc5ccccc54)c3)cc(-c3ccccc3-c3ccc4c(c3)C3(c5ccccc5O4)c4ccccc4-c4ccccc43)n2)cc1. The maximum atomic E-state index is 6.76. The highest BCUT2D eigenvalue weighted by Crippen LogP contribution is 2.62. The van der Waals surface area contributed by atoms with Crippen LogP contribution in [-0.2, 0) is 5.41 Å². The first-order valence-electron chi connectivity index (χ1n) is 19.8. The number of ether oxygens (including phenoxy) is 1. The molecule has 0 N–H and O–H groups in total. The molecule has 58 heavy (non-hydrogen) atoms. The highest BCUT2D eigenvalue weighted by Gasteiger charge is 2.51. The standard InChI is InChI=1S/C55H34N2O/c1-2-15-36(16-3-1)54-56-50(39-28-30-42-37(32-39)27-26-35-14-4-5-17-40(35)42)34-51(57-54)45-21-7-6-18-41(45)38-29-31-53-49(33-38)55(48-24-12-13-25-52(48)58-53)46-22-10-8-19-43(46)44-20-9-11-23-47(44)55/h1-34H. The minimum absolute atomic E-state index is 0.549. The van der Waals surface area contributed by atoms with Crippen LogP contribution in [0.3, 0.4) is 0 Å². The quantitative estimate of drug-likeness (QED) is 0.169. The van der Waals surface area contributed by atoms with Crippen molar-refractivity contribution in [3.8, 4) is 67.7 Å². The second kappa shape index (κ2) is 12.7. The zero-order valence-electron chi connectivity index (χ0n) is 31.4. The number of para-hydroxylation sites is 1.